The summed E-state index contributed by atoms with van der Waals surface area (Å²) in [5.74, 6) is -0.199. The molecule has 1 atom stereocenters. The Morgan fingerprint density at radius 3 is 2.60 bits per heavy atom. The van der Waals surface area contributed by atoms with E-state index >= 15 is 0 Å². The van der Waals surface area contributed by atoms with E-state index in [1.807, 2.05) is 23.6 Å². The molecule has 0 amide bonds. The van der Waals surface area contributed by atoms with Gasteiger partial charge in [0.05, 0.1) is 0 Å². The van der Waals surface area contributed by atoms with E-state index in [1.54, 1.807) is 23.5 Å². The van der Waals surface area contributed by atoms with Crippen molar-refractivity contribution in [3.8, 4) is 0 Å². The second-order valence-corrected chi connectivity index (χ2v) is 6.64. The van der Waals surface area contributed by atoms with Gasteiger partial charge in [-0.1, -0.05) is 30.3 Å². The summed E-state index contributed by atoms with van der Waals surface area (Å²) in [6, 6.07) is 12.7. The molecule has 0 aliphatic heterocycles. The number of fused-ring (bicyclic) bond motifs is 1. The summed E-state index contributed by atoms with van der Waals surface area (Å²) in [5.41, 5.74) is 7.31. The first-order valence-electron chi connectivity index (χ1n) is 6.31. The minimum absolute atomic E-state index is 0.133. The highest BCUT2D eigenvalue weighted by Gasteiger charge is 2.13. The maximum Gasteiger partial charge on any atom is 0.131 e. The van der Waals surface area contributed by atoms with Gasteiger partial charge < -0.3 is 5.73 Å². The molecule has 0 aliphatic rings. The van der Waals surface area contributed by atoms with E-state index in [1.165, 1.54) is 10.9 Å². The molecule has 0 saturated carbocycles. The number of hydrogen-bond acceptors (Lipinski definition) is 2. The van der Waals surface area contributed by atoms with Crippen molar-refractivity contribution >= 4 is 38.0 Å². The zero-order chi connectivity index (χ0) is 14.1. The van der Waals surface area contributed by atoms with Gasteiger partial charge in [0, 0.05) is 32.6 Å². The van der Waals surface area contributed by atoms with Gasteiger partial charge in [-0.05, 0) is 39.0 Å². The molecule has 0 saturated heterocycles. The molecule has 0 fully saturated rings. The highest BCUT2D eigenvalue weighted by molar-refractivity contribution is 9.10. The topological polar surface area (TPSA) is 26.0 Å². The molecule has 0 radical (unpaired) electrons. The fraction of sp³-hybridized carbons (Fsp3) is 0.125. The van der Waals surface area contributed by atoms with Gasteiger partial charge in [-0.25, -0.2) is 4.39 Å². The van der Waals surface area contributed by atoms with Crippen LogP contribution in [0.2, 0.25) is 0 Å². The molecule has 3 rings (SSSR count). The average Bonchev–Trinajstić information content (AvgIpc) is 2.84. The predicted octanol–water partition coefficient (Wildman–Crippen LogP) is 5.05. The van der Waals surface area contributed by atoms with Gasteiger partial charge in [-0.3, -0.25) is 0 Å². The molecular formula is C16H13BrFNS. The van der Waals surface area contributed by atoms with Crippen LogP contribution in [-0.2, 0) is 6.42 Å². The quantitative estimate of drug-likeness (QED) is 0.703. The molecule has 0 bridgehead atoms. The molecule has 1 nitrogen and oxygen atoms in total. The lowest BCUT2D eigenvalue weighted by atomic mass is 9.96. The van der Waals surface area contributed by atoms with E-state index < -0.39 is 0 Å². The van der Waals surface area contributed by atoms with Gasteiger partial charge >= 0.3 is 0 Å². The van der Waals surface area contributed by atoms with Crippen LogP contribution in [0.3, 0.4) is 0 Å². The summed E-state index contributed by atoms with van der Waals surface area (Å²) in [4.78, 5) is 1.22. The van der Waals surface area contributed by atoms with Crippen LogP contribution < -0.4 is 5.73 Å². The maximum atomic E-state index is 13.8. The van der Waals surface area contributed by atoms with Gasteiger partial charge in [-0.2, -0.15) is 0 Å². The first kappa shape index (κ1) is 13.7. The van der Waals surface area contributed by atoms with Gasteiger partial charge in [-0.15, -0.1) is 11.3 Å². The van der Waals surface area contributed by atoms with Gasteiger partial charge in [0.2, 0.25) is 0 Å². The van der Waals surface area contributed by atoms with Gasteiger partial charge in [0.15, 0.2) is 0 Å². The van der Waals surface area contributed by atoms with Crippen LogP contribution in [0.4, 0.5) is 4.39 Å². The minimum atomic E-state index is -0.199. The Hall–Kier alpha value is -1.23. The smallest absolute Gasteiger partial charge is 0.131 e. The normalized spacial score (nSPS) is 12.8. The Balaban J connectivity index is 1.99. The summed E-state index contributed by atoms with van der Waals surface area (Å²) >= 11 is 5.13. The Morgan fingerprint density at radius 2 is 1.90 bits per heavy atom. The molecule has 102 valence electrons. The molecule has 1 heterocycles. The van der Waals surface area contributed by atoms with Crippen LogP contribution in [-0.4, -0.2) is 0 Å². The lowest BCUT2D eigenvalue weighted by Gasteiger charge is -2.14. The summed E-state index contributed by atoms with van der Waals surface area (Å²) < 4.78 is 14.9. The monoisotopic (exact) mass is 349 g/mol. The molecule has 0 aliphatic carbocycles. The highest BCUT2D eigenvalue weighted by atomic mass is 79.9. The average molecular weight is 350 g/mol. The molecule has 1 unspecified atom stereocenters. The molecule has 4 heteroatoms. The fourth-order valence-electron chi connectivity index (χ4n) is 2.40. The van der Waals surface area contributed by atoms with Crippen molar-refractivity contribution in [2.45, 2.75) is 12.5 Å². The minimum Gasteiger partial charge on any atom is -0.324 e. The Morgan fingerprint density at radius 1 is 1.15 bits per heavy atom. The summed E-state index contributed by atoms with van der Waals surface area (Å²) in [6.45, 7) is 0. The third-order valence-electron chi connectivity index (χ3n) is 3.35. The van der Waals surface area contributed by atoms with Crippen LogP contribution in [0.1, 0.15) is 16.5 Å². The molecule has 20 heavy (non-hydrogen) atoms. The highest BCUT2D eigenvalue weighted by Crippen LogP contribution is 2.29. The van der Waals surface area contributed by atoms with E-state index in [4.69, 9.17) is 5.73 Å². The molecular weight excluding hydrogens is 337 g/mol. The van der Waals surface area contributed by atoms with Crippen molar-refractivity contribution in [2.24, 2.45) is 5.73 Å². The van der Waals surface area contributed by atoms with Crippen molar-refractivity contribution < 1.29 is 4.39 Å². The van der Waals surface area contributed by atoms with Crippen molar-refractivity contribution in [3.63, 3.8) is 0 Å². The van der Waals surface area contributed by atoms with Crippen LogP contribution in [0.15, 0.2) is 52.3 Å². The number of benzene rings is 2. The van der Waals surface area contributed by atoms with Gasteiger partial charge in [0.25, 0.3) is 0 Å². The van der Waals surface area contributed by atoms with Crippen LogP contribution in [0.25, 0.3) is 10.8 Å². The third kappa shape index (κ3) is 2.64. The summed E-state index contributed by atoms with van der Waals surface area (Å²) in [5, 5.41) is 3.58. The van der Waals surface area contributed by atoms with Crippen molar-refractivity contribution in [3.05, 3.63) is 68.6 Å². The van der Waals surface area contributed by atoms with Crippen LogP contribution in [0, 0.1) is 5.82 Å². The second kappa shape index (κ2) is 5.64. The standard InChI is InChI=1S/C16H13BrFNS/c17-10-7-11(20-9-10)8-16(19)14-5-6-15(18)13-4-2-1-3-12(13)14/h1-7,9,16H,8,19H2. The number of rotatable bonds is 3. The Kier molecular flexibility index (Phi) is 3.87. The lowest BCUT2D eigenvalue weighted by molar-refractivity contribution is 0.638. The first-order valence-corrected chi connectivity index (χ1v) is 7.98. The third-order valence-corrected chi connectivity index (χ3v) is 5.07. The summed E-state index contributed by atoms with van der Waals surface area (Å²) in [6.07, 6.45) is 0.756. The zero-order valence-corrected chi connectivity index (χ0v) is 13.0. The number of nitrogens with two attached hydrogens (primary N) is 1. The SMILES string of the molecule is NC(Cc1cc(Br)cs1)c1ccc(F)c2ccccc12. The van der Waals surface area contributed by atoms with Crippen molar-refractivity contribution in [2.75, 3.05) is 0 Å². The Labute approximate surface area is 129 Å². The van der Waals surface area contributed by atoms with E-state index in [0.29, 0.717) is 5.39 Å². The molecule has 0 spiro atoms. The van der Waals surface area contributed by atoms with Crippen molar-refractivity contribution in [1.29, 1.82) is 0 Å². The first-order chi connectivity index (χ1) is 9.65. The zero-order valence-electron chi connectivity index (χ0n) is 10.6. The van der Waals surface area contributed by atoms with E-state index in [9.17, 15) is 4.39 Å². The van der Waals surface area contributed by atoms with Crippen molar-refractivity contribution in [1.82, 2.24) is 0 Å². The maximum absolute atomic E-state index is 13.8. The fourth-order valence-corrected chi connectivity index (χ4v) is 3.91. The molecule has 1 aromatic heterocycles. The number of hydrogen-bond donors (Lipinski definition) is 1. The van der Waals surface area contributed by atoms with Gasteiger partial charge in [0.1, 0.15) is 5.82 Å². The second-order valence-electron chi connectivity index (χ2n) is 4.72. The van der Waals surface area contributed by atoms with E-state index in [2.05, 4.69) is 22.0 Å². The largest absolute Gasteiger partial charge is 0.324 e. The molecule has 2 aromatic carbocycles. The predicted molar refractivity (Wildman–Crippen MR) is 86.6 cm³/mol. The van der Waals surface area contributed by atoms with Crippen LogP contribution >= 0.6 is 27.3 Å². The van der Waals surface area contributed by atoms with Crippen LogP contribution in [0.5, 0.6) is 0 Å². The number of thiophene rings is 1. The number of halogens is 2. The Bertz CT molecular complexity index is 753. The summed E-state index contributed by atoms with van der Waals surface area (Å²) in [7, 11) is 0. The van der Waals surface area contributed by atoms with E-state index in [0.717, 1.165) is 21.8 Å². The molecule has 2 N–H and O–H groups in total. The lowest BCUT2D eigenvalue weighted by Crippen LogP contribution is -2.13. The molecule has 3 aromatic rings. The van der Waals surface area contributed by atoms with E-state index in [-0.39, 0.29) is 11.9 Å².